The number of hydrogen-bond donors (Lipinski definition) is 0. The van der Waals surface area contributed by atoms with Crippen LogP contribution in [0.5, 0.6) is 0 Å². The average molecular weight is 378 g/mol. The van der Waals surface area contributed by atoms with Crippen LogP contribution in [0.25, 0.3) is 0 Å². The van der Waals surface area contributed by atoms with Gasteiger partial charge in [0.15, 0.2) is 8.32 Å². The number of nitrogens with zero attached hydrogens (tertiary/aromatic N) is 1. The van der Waals surface area contributed by atoms with Crippen LogP contribution in [-0.4, -0.2) is 41.2 Å². The molecule has 0 amide bonds. The third-order valence-electron chi connectivity index (χ3n) is 2.65. The number of ether oxygens (including phenoxy) is 1. The van der Waals surface area contributed by atoms with Crippen molar-refractivity contribution in [2.75, 3.05) is 0 Å². The molecule has 142 valence electrons. The molecular formula is C17H35NO4SSi. The van der Waals surface area contributed by atoms with Crippen molar-refractivity contribution in [1.29, 1.82) is 0 Å². The van der Waals surface area contributed by atoms with Crippen LogP contribution < -0.4 is 0 Å². The number of carbonyl (C=O) groups excluding carboxylic acids is 1. The molecule has 0 unspecified atom stereocenters. The van der Waals surface area contributed by atoms with E-state index in [1.165, 1.54) is 0 Å². The first-order valence-corrected chi connectivity index (χ1v) is 13.0. The minimum atomic E-state index is -1.77. The van der Waals surface area contributed by atoms with Crippen LogP contribution in [0.2, 0.25) is 19.6 Å². The molecule has 0 radical (unpaired) electrons. The average Bonchev–Trinajstić information content (AvgIpc) is 2.28. The molecule has 5 nitrogen and oxygen atoms in total. The predicted molar refractivity (Wildman–Crippen MR) is 104 cm³/mol. The fourth-order valence-corrected chi connectivity index (χ4v) is 3.57. The van der Waals surface area contributed by atoms with E-state index in [9.17, 15) is 9.00 Å². The second-order valence-electron chi connectivity index (χ2n) is 8.87. The van der Waals surface area contributed by atoms with Gasteiger partial charge in [-0.15, -0.1) is 0 Å². The molecule has 0 aromatic heterocycles. The smallest absolute Gasteiger partial charge is 0.308 e. The van der Waals surface area contributed by atoms with Crippen molar-refractivity contribution in [1.82, 2.24) is 0 Å². The molecule has 0 bridgehead atoms. The molecule has 0 aliphatic heterocycles. The predicted octanol–water partition coefficient (Wildman–Crippen LogP) is 4.25. The number of carbonyl (C=O) groups is 1. The third kappa shape index (κ3) is 12.8. The zero-order valence-electron chi connectivity index (χ0n) is 16.8. The first-order chi connectivity index (χ1) is 10.6. The maximum atomic E-state index is 12.1. The summed E-state index contributed by atoms with van der Waals surface area (Å²) in [6.45, 7) is 17.5. The number of rotatable bonds is 8. The van der Waals surface area contributed by atoms with Crippen LogP contribution in [0.4, 0.5) is 0 Å². The normalized spacial score (nSPS) is 16.2. The highest BCUT2D eigenvalue weighted by Gasteiger charge is 2.25. The summed E-state index contributed by atoms with van der Waals surface area (Å²) < 4.78 is 27.1. The van der Waals surface area contributed by atoms with Gasteiger partial charge in [-0.2, -0.15) is 4.40 Å². The van der Waals surface area contributed by atoms with Crippen LogP contribution in [0.15, 0.2) is 4.40 Å². The molecule has 0 heterocycles. The molecule has 0 saturated heterocycles. The summed E-state index contributed by atoms with van der Waals surface area (Å²) in [6.07, 6.45) is 3.00. The van der Waals surface area contributed by atoms with Gasteiger partial charge in [-0.05, 0) is 74.0 Å². The Hall–Kier alpha value is -0.533. The number of hydrogen-bond acceptors (Lipinski definition) is 4. The minimum absolute atomic E-state index is 0.193. The van der Waals surface area contributed by atoms with Crippen molar-refractivity contribution < 1.29 is 18.2 Å². The van der Waals surface area contributed by atoms with Crippen molar-refractivity contribution in [2.24, 2.45) is 4.40 Å². The van der Waals surface area contributed by atoms with Gasteiger partial charge in [0.1, 0.15) is 16.6 Å². The Morgan fingerprint density at radius 3 is 2.12 bits per heavy atom. The van der Waals surface area contributed by atoms with Gasteiger partial charge in [0, 0.05) is 6.21 Å². The lowest BCUT2D eigenvalue weighted by molar-refractivity contribution is -0.156. The summed E-state index contributed by atoms with van der Waals surface area (Å²) in [5, 5.41) is 0. The Balaban J connectivity index is 4.66. The lowest BCUT2D eigenvalue weighted by atomic mass is 10.1. The zero-order valence-corrected chi connectivity index (χ0v) is 18.6. The summed E-state index contributed by atoms with van der Waals surface area (Å²) >= 11 is 0. The zero-order chi connectivity index (χ0) is 19.2. The topological polar surface area (TPSA) is 65.0 Å². The number of esters is 1. The lowest BCUT2D eigenvalue weighted by Gasteiger charge is -2.27. The van der Waals surface area contributed by atoms with Gasteiger partial charge in [-0.25, -0.2) is 4.21 Å². The van der Waals surface area contributed by atoms with Crippen LogP contribution in [-0.2, 0) is 24.9 Å². The van der Waals surface area contributed by atoms with Crippen molar-refractivity contribution in [3.8, 4) is 0 Å². The van der Waals surface area contributed by atoms with Gasteiger partial charge in [0.05, 0.1) is 17.3 Å². The van der Waals surface area contributed by atoms with E-state index in [0.29, 0.717) is 12.8 Å². The van der Waals surface area contributed by atoms with Gasteiger partial charge in [0.25, 0.3) is 0 Å². The maximum absolute atomic E-state index is 12.1. The Morgan fingerprint density at radius 2 is 1.71 bits per heavy atom. The lowest BCUT2D eigenvalue weighted by Crippen LogP contribution is -2.35. The van der Waals surface area contributed by atoms with E-state index >= 15 is 0 Å². The summed E-state index contributed by atoms with van der Waals surface area (Å²) in [6, 6.07) is 0. The Morgan fingerprint density at radius 1 is 1.17 bits per heavy atom. The minimum Gasteiger partial charge on any atom is -0.460 e. The van der Waals surface area contributed by atoms with Crippen molar-refractivity contribution in [2.45, 2.75) is 96.9 Å². The molecule has 2 atom stereocenters. The molecular weight excluding hydrogens is 342 g/mol. The van der Waals surface area contributed by atoms with E-state index in [1.807, 2.05) is 41.5 Å². The molecule has 0 aromatic carbocycles. The van der Waals surface area contributed by atoms with Crippen molar-refractivity contribution in [3.05, 3.63) is 0 Å². The Labute approximate surface area is 151 Å². The Bertz CT molecular complexity index is 459. The van der Waals surface area contributed by atoms with Crippen LogP contribution in [0, 0.1) is 0 Å². The molecule has 0 aliphatic rings. The molecule has 24 heavy (non-hydrogen) atoms. The highest BCUT2D eigenvalue weighted by atomic mass is 32.2. The van der Waals surface area contributed by atoms with Gasteiger partial charge in [-0.1, -0.05) is 0 Å². The van der Waals surface area contributed by atoms with Gasteiger partial charge in [0.2, 0.25) is 0 Å². The van der Waals surface area contributed by atoms with Crippen molar-refractivity contribution >= 4 is 31.5 Å². The van der Waals surface area contributed by atoms with E-state index in [0.717, 1.165) is 0 Å². The molecule has 7 heteroatoms. The standard InChI is InChI=1S/C17H35NO4SSi/c1-16(2,3)21-15(19)13-14(22-24(7,8)9)11-10-12-18-23(20)17(4,5)6/h12,14H,10-11,13H2,1-9H3/t14-,23+/m0/s1. The third-order valence-corrected chi connectivity index (χ3v) is 5.08. The van der Waals surface area contributed by atoms with E-state index in [1.54, 1.807) is 6.21 Å². The van der Waals surface area contributed by atoms with Gasteiger partial charge >= 0.3 is 5.97 Å². The second kappa shape index (κ2) is 9.24. The fourth-order valence-electron chi connectivity index (χ4n) is 1.81. The maximum Gasteiger partial charge on any atom is 0.308 e. The van der Waals surface area contributed by atoms with E-state index < -0.39 is 24.9 Å². The molecule has 0 fully saturated rings. The SMILES string of the molecule is CC(C)(C)OC(=O)C[C@H](CCC=N[S@](=O)C(C)(C)C)O[Si](C)(C)C. The van der Waals surface area contributed by atoms with E-state index in [-0.39, 0.29) is 23.2 Å². The quantitative estimate of drug-likeness (QED) is 0.360. The van der Waals surface area contributed by atoms with Gasteiger partial charge < -0.3 is 9.16 Å². The molecule has 0 aliphatic carbocycles. The molecule has 0 aromatic rings. The molecule has 0 rings (SSSR count). The fraction of sp³-hybridized carbons (Fsp3) is 0.882. The van der Waals surface area contributed by atoms with Crippen LogP contribution in [0.1, 0.15) is 60.8 Å². The van der Waals surface area contributed by atoms with Crippen LogP contribution in [0.3, 0.4) is 0 Å². The second-order valence-corrected chi connectivity index (χ2v) is 15.3. The summed E-state index contributed by atoms with van der Waals surface area (Å²) in [7, 11) is -3.02. The first kappa shape index (κ1) is 23.5. The Kier molecular flexibility index (Phi) is 9.04. The monoisotopic (exact) mass is 377 g/mol. The molecule has 0 saturated carbocycles. The molecule has 0 N–H and O–H groups in total. The summed E-state index contributed by atoms with van der Waals surface area (Å²) in [5.41, 5.74) is -0.494. The highest BCUT2D eigenvalue weighted by Crippen LogP contribution is 2.18. The van der Waals surface area contributed by atoms with Gasteiger partial charge in [-0.3, -0.25) is 4.79 Å². The highest BCUT2D eigenvalue weighted by molar-refractivity contribution is 7.85. The van der Waals surface area contributed by atoms with Crippen LogP contribution >= 0.6 is 0 Å². The summed E-state index contributed by atoms with van der Waals surface area (Å²) in [4.78, 5) is 12.1. The van der Waals surface area contributed by atoms with E-state index in [2.05, 4.69) is 24.0 Å². The van der Waals surface area contributed by atoms with E-state index in [4.69, 9.17) is 9.16 Å². The largest absolute Gasteiger partial charge is 0.460 e. The first-order valence-electron chi connectivity index (χ1n) is 8.44. The molecule has 0 spiro atoms. The van der Waals surface area contributed by atoms with Crippen molar-refractivity contribution in [3.63, 3.8) is 0 Å². The summed E-state index contributed by atoms with van der Waals surface area (Å²) in [5.74, 6) is -0.249.